The number of nitrogens with one attached hydrogen (secondary N) is 1. The molecular weight excluding hydrogens is 510 g/mol. The molecule has 0 atom stereocenters. The first-order chi connectivity index (χ1) is 18.5. The minimum atomic E-state index is -0.310. The van der Waals surface area contributed by atoms with Gasteiger partial charge in [0, 0.05) is 41.5 Å². The molecule has 2 aromatic carbocycles. The van der Waals surface area contributed by atoms with Gasteiger partial charge in [-0.15, -0.1) is 0 Å². The third-order valence-corrected chi connectivity index (χ3v) is 6.57. The molecule has 0 saturated heterocycles. The number of ketones is 2. The summed E-state index contributed by atoms with van der Waals surface area (Å²) in [6.07, 6.45) is 7.42. The van der Waals surface area contributed by atoms with Crippen molar-refractivity contribution in [2.75, 3.05) is 39.4 Å². The summed E-state index contributed by atoms with van der Waals surface area (Å²) in [5.41, 5.74) is 1.81. The van der Waals surface area contributed by atoms with Gasteiger partial charge < -0.3 is 24.3 Å². The van der Waals surface area contributed by atoms with Crippen LogP contribution in [0.1, 0.15) is 18.4 Å². The predicted octanol–water partition coefficient (Wildman–Crippen LogP) is 4.94. The van der Waals surface area contributed by atoms with Crippen LogP contribution in [0.15, 0.2) is 48.8 Å². The van der Waals surface area contributed by atoms with E-state index in [1.807, 2.05) is 0 Å². The fraction of sp³-hybridized carbons (Fsp3) is 0.286. The third-order valence-electron chi connectivity index (χ3n) is 6.18. The molecular formula is C28H26ClN3O6. The molecule has 0 unspecified atom stereocenters. The molecule has 2 aliphatic carbocycles. The number of fused-ring (bicyclic) bond motifs is 1. The highest BCUT2D eigenvalue weighted by Crippen LogP contribution is 2.40. The Balaban J connectivity index is 1.54. The molecule has 196 valence electrons. The Kier molecular flexibility index (Phi) is 7.57. The number of allylic oxidation sites excluding steroid dienone is 4. The molecule has 1 fully saturated rings. The zero-order chi connectivity index (χ0) is 26.6. The van der Waals surface area contributed by atoms with Crippen LogP contribution in [0.3, 0.4) is 0 Å². The van der Waals surface area contributed by atoms with Crippen LogP contribution in [0.5, 0.6) is 17.2 Å². The lowest BCUT2D eigenvalue weighted by Crippen LogP contribution is -2.09. The van der Waals surface area contributed by atoms with Gasteiger partial charge in [-0.25, -0.2) is 9.97 Å². The van der Waals surface area contributed by atoms with Crippen LogP contribution in [0, 0.1) is 5.92 Å². The summed E-state index contributed by atoms with van der Waals surface area (Å²) in [6.45, 7) is 1.31. The number of carbonyl (C=O) groups excluding carboxylic acids is 2. The maximum Gasteiger partial charge on any atom is 0.186 e. The molecule has 2 aliphatic rings. The molecule has 1 heterocycles. The quantitative estimate of drug-likeness (QED) is 0.269. The summed E-state index contributed by atoms with van der Waals surface area (Å²) in [6, 6.07) is 7.03. The molecule has 0 aliphatic heterocycles. The van der Waals surface area contributed by atoms with Crippen LogP contribution >= 0.6 is 11.6 Å². The van der Waals surface area contributed by atoms with Crippen molar-refractivity contribution in [3.63, 3.8) is 0 Å². The van der Waals surface area contributed by atoms with Gasteiger partial charge in [0.15, 0.2) is 23.1 Å². The lowest BCUT2D eigenvalue weighted by atomic mass is 9.95. The van der Waals surface area contributed by atoms with Gasteiger partial charge in [-0.1, -0.05) is 11.6 Å². The number of hydrogen-bond donors (Lipinski definition) is 1. The van der Waals surface area contributed by atoms with Crippen molar-refractivity contribution in [1.82, 2.24) is 9.97 Å². The Morgan fingerprint density at radius 3 is 2.58 bits per heavy atom. The summed E-state index contributed by atoms with van der Waals surface area (Å²) in [5.74, 6) is 1.86. The molecule has 1 N–H and O–H groups in total. The number of methoxy groups -OCH3 is 2. The maximum absolute atomic E-state index is 12.6. The molecule has 1 saturated carbocycles. The van der Waals surface area contributed by atoms with Crippen LogP contribution < -0.4 is 19.5 Å². The van der Waals surface area contributed by atoms with E-state index in [0.717, 1.165) is 12.8 Å². The van der Waals surface area contributed by atoms with E-state index in [1.54, 1.807) is 38.5 Å². The molecule has 3 aromatic rings. The van der Waals surface area contributed by atoms with Crippen LogP contribution in [0.2, 0.25) is 5.02 Å². The fourth-order valence-electron chi connectivity index (χ4n) is 3.99. The number of aromatic nitrogens is 2. The van der Waals surface area contributed by atoms with Crippen molar-refractivity contribution in [3.8, 4) is 17.2 Å². The van der Waals surface area contributed by atoms with Gasteiger partial charge >= 0.3 is 0 Å². The first-order valence-electron chi connectivity index (χ1n) is 12.1. The van der Waals surface area contributed by atoms with E-state index >= 15 is 0 Å². The van der Waals surface area contributed by atoms with Gasteiger partial charge in [0.1, 0.15) is 24.5 Å². The monoisotopic (exact) mass is 535 g/mol. The standard InChI is InChI=1S/C28H26ClN3O6/c1-35-7-8-37-25-13-22-21(12-24(25)36-2)28(31-15-30-22)32-17-9-20(19-11-18(33)5-6-23(19)34)27(29)26(10-17)38-14-16-3-4-16/h5-6,9-13,15-16H,3-4,7-8,14H2,1-2H3,(H,30,31,32). The number of benzene rings is 2. The number of carbonyl (C=O) groups is 2. The largest absolute Gasteiger partial charge is 0.493 e. The van der Waals surface area contributed by atoms with Crippen molar-refractivity contribution >= 4 is 51.1 Å². The molecule has 9 nitrogen and oxygen atoms in total. The topological polar surface area (TPSA) is 109 Å². The van der Waals surface area contributed by atoms with E-state index < -0.39 is 0 Å². The van der Waals surface area contributed by atoms with Crippen LogP contribution in [0.4, 0.5) is 11.5 Å². The van der Waals surface area contributed by atoms with E-state index in [1.165, 1.54) is 24.6 Å². The van der Waals surface area contributed by atoms with Crippen molar-refractivity contribution in [1.29, 1.82) is 0 Å². The van der Waals surface area contributed by atoms with E-state index in [4.69, 9.17) is 30.5 Å². The Hall–Kier alpha value is -3.95. The minimum absolute atomic E-state index is 0.203. The molecule has 5 rings (SSSR count). The smallest absolute Gasteiger partial charge is 0.186 e. The third kappa shape index (κ3) is 5.64. The zero-order valence-corrected chi connectivity index (χ0v) is 21.7. The van der Waals surface area contributed by atoms with Crippen LogP contribution in [0.25, 0.3) is 16.5 Å². The Bertz CT molecular complexity index is 1460. The lowest BCUT2D eigenvalue weighted by Gasteiger charge is -2.17. The normalized spacial score (nSPS) is 15.0. The number of hydrogen-bond acceptors (Lipinski definition) is 9. The Morgan fingerprint density at radius 1 is 0.974 bits per heavy atom. The van der Waals surface area contributed by atoms with Crippen LogP contribution in [-0.2, 0) is 14.3 Å². The van der Waals surface area contributed by atoms with Crippen molar-refractivity contribution in [2.45, 2.75) is 12.8 Å². The average Bonchev–Trinajstić information content (AvgIpc) is 3.75. The average molecular weight is 536 g/mol. The van der Waals surface area contributed by atoms with Crippen molar-refractivity contribution in [2.24, 2.45) is 5.92 Å². The number of rotatable bonds is 11. The molecule has 0 radical (unpaired) electrons. The first kappa shape index (κ1) is 25.7. The van der Waals surface area contributed by atoms with Gasteiger partial charge in [0.25, 0.3) is 0 Å². The van der Waals surface area contributed by atoms with Crippen molar-refractivity contribution in [3.05, 3.63) is 59.4 Å². The second-order valence-electron chi connectivity index (χ2n) is 8.96. The highest BCUT2D eigenvalue weighted by atomic mass is 35.5. The number of anilines is 2. The highest BCUT2D eigenvalue weighted by Gasteiger charge is 2.25. The molecule has 0 bridgehead atoms. The molecule has 0 spiro atoms. The summed E-state index contributed by atoms with van der Waals surface area (Å²) in [7, 11) is 3.16. The van der Waals surface area contributed by atoms with Gasteiger partial charge in [-0.05, 0) is 49.1 Å². The van der Waals surface area contributed by atoms with E-state index in [9.17, 15) is 9.59 Å². The lowest BCUT2D eigenvalue weighted by molar-refractivity contribution is -0.113. The fourth-order valence-corrected chi connectivity index (χ4v) is 4.26. The molecule has 10 heteroatoms. The van der Waals surface area contributed by atoms with E-state index in [-0.39, 0.29) is 22.2 Å². The summed E-state index contributed by atoms with van der Waals surface area (Å²) in [4.78, 5) is 33.5. The Labute approximate surface area is 224 Å². The summed E-state index contributed by atoms with van der Waals surface area (Å²) in [5, 5.41) is 4.25. The maximum atomic E-state index is 12.6. The second kappa shape index (κ2) is 11.2. The van der Waals surface area contributed by atoms with E-state index in [2.05, 4.69) is 15.3 Å². The molecule has 0 amide bonds. The second-order valence-corrected chi connectivity index (χ2v) is 9.33. The van der Waals surface area contributed by atoms with Gasteiger partial charge in [0.2, 0.25) is 0 Å². The van der Waals surface area contributed by atoms with Gasteiger partial charge in [-0.3, -0.25) is 9.59 Å². The van der Waals surface area contributed by atoms with Crippen LogP contribution in [-0.4, -0.2) is 55.6 Å². The van der Waals surface area contributed by atoms with Crippen molar-refractivity contribution < 1.29 is 28.5 Å². The summed E-state index contributed by atoms with van der Waals surface area (Å²) < 4.78 is 22.4. The molecule has 38 heavy (non-hydrogen) atoms. The highest BCUT2D eigenvalue weighted by molar-refractivity contribution is 6.40. The Morgan fingerprint density at radius 2 is 1.82 bits per heavy atom. The first-order valence-corrected chi connectivity index (χ1v) is 12.5. The predicted molar refractivity (Wildman–Crippen MR) is 144 cm³/mol. The van der Waals surface area contributed by atoms with Gasteiger partial charge in [-0.2, -0.15) is 0 Å². The minimum Gasteiger partial charge on any atom is -0.493 e. The number of halogens is 1. The summed E-state index contributed by atoms with van der Waals surface area (Å²) >= 11 is 6.69. The molecule has 1 aromatic heterocycles. The number of nitrogens with zero attached hydrogens (tertiary/aromatic N) is 2. The zero-order valence-electron chi connectivity index (χ0n) is 21.0. The SMILES string of the molecule is COCCOc1cc2ncnc(Nc3cc(OCC4CC4)c(Cl)c(C4=CC(=O)C=CC4=O)c3)c2cc1OC. The number of ether oxygens (including phenoxy) is 4. The van der Waals surface area contributed by atoms with E-state index in [0.29, 0.717) is 71.0 Å². The van der Waals surface area contributed by atoms with Gasteiger partial charge in [0.05, 0.1) is 30.9 Å².